The molecule has 0 aliphatic heterocycles. The van der Waals surface area contributed by atoms with E-state index < -0.39 is 4.92 Å². The molecule has 0 spiro atoms. The lowest BCUT2D eigenvalue weighted by Gasteiger charge is -2.18. The summed E-state index contributed by atoms with van der Waals surface area (Å²) in [6, 6.07) is 4.36. The zero-order chi connectivity index (χ0) is 15.0. The van der Waals surface area contributed by atoms with E-state index in [1.807, 2.05) is 11.9 Å². The zero-order valence-electron chi connectivity index (χ0n) is 11.7. The summed E-state index contributed by atoms with van der Waals surface area (Å²) in [6.45, 7) is 1.04. The van der Waals surface area contributed by atoms with E-state index in [-0.39, 0.29) is 11.8 Å². The molecule has 1 saturated carbocycles. The summed E-state index contributed by atoms with van der Waals surface area (Å²) >= 11 is 0. The summed E-state index contributed by atoms with van der Waals surface area (Å²) in [4.78, 5) is 16.5. The van der Waals surface area contributed by atoms with Crippen LogP contribution >= 0.6 is 0 Å². The number of benzene rings is 1. The van der Waals surface area contributed by atoms with Crippen LogP contribution < -0.4 is 0 Å². The summed E-state index contributed by atoms with van der Waals surface area (Å²) < 4.78 is 5.57. The molecule has 7 nitrogen and oxygen atoms in total. The standard InChI is InChI=1S/C14H17N3O4/c1-16(7-12(18)9-2-3-9)8-14-15-11-6-10(17(19)20)4-5-13(11)21-14/h4-6,9,12,18H,2-3,7-8H2,1H3. The molecule has 1 unspecified atom stereocenters. The van der Waals surface area contributed by atoms with E-state index in [4.69, 9.17) is 4.42 Å². The number of rotatable bonds is 6. The molecule has 1 atom stereocenters. The smallest absolute Gasteiger partial charge is 0.271 e. The lowest BCUT2D eigenvalue weighted by Crippen LogP contribution is -2.30. The van der Waals surface area contributed by atoms with Crippen LogP contribution in [0.3, 0.4) is 0 Å². The van der Waals surface area contributed by atoms with E-state index in [1.54, 1.807) is 6.07 Å². The molecule has 1 aliphatic rings. The Morgan fingerprint density at radius 1 is 1.57 bits per heavy atom. The Balaban J connectivity index is 1.70. The fourth-order valence-electron chi connectivity index (χ4n) is 2.39. The van der Waals surface area contributed by atoms with Gasteiger partial charge in [0.15, 0.2) is 5.58 Å². The Morgan fingerprint density at radius 3 is 3.00 bits per heavy atom. The minimum Gasteiger partial charge on any atom is -0.439 e. The monoisotopic (exact) mass is 291 g/mol. The minimum atomic E-state index is -0.452. The van der Waals surface area contributed by atoms with Gasteiger partial charge in [-0.25, -0.2) is 4.98 Å². The lowest BCUT2D eigenvalue weighted by molar-refractivity contribution is -0.384. The van der Waals surface area contributed by atoms with E-state index in [0.717, 1.165) is 12.8 Å². The van der Waals surface area contributed by atoms with E-state index in [9.17, 15) is 15.2 Å². The van der Waals surface area contributed by atoms with Gasteiger partial charge in [-0.05, 0) is 31.9 Å². The molecule has 0 bridgehead atoms. The highest BCUT2D eigenvalue weighted by Crippen LogP contribution is 2.32. The highest BCUT2D eigenvalue weighted by atomic mass is 16.6. The molecule has 1 N–H and O–H groups in total. The van der Waals surface area contributed by atoms with Gasteiger partial charge in [-0.2, -0.15) is 0 Å². The van der Waals surface area contributed by atoms with Gasteiger partial charge in [0.1, 0.15) is 5.52 Å². The Hall–Kier alpha value is -1.99. The Bertz CT molecular complexity index is 665. The van der Waals surface area contributed by atoms with Crippen LogP contribution in [-0.4, -0.2) is 39.6 Å². The SMILES string of the molecule is CN(Cc1nc2cc([N+](=O)[O-])ccc2o1)CC(O)C1CC1. The van der Waals surface area contributed by atoms with Crippen LogP contribution in [0.15, 0.2) is 22.6 Å². The van der Waals surface area contributed by atoms with Crippen molar-refractivity contribution in [3.05, 3.63) is 34.2 Å². The Morgan fingerprint density at radius 2 is 2.33 bits per heavy atom. The first-order valence-electron chi connectivity index (χ1n) is 6.93. The van der Waals surface area contributed by atoms with Gasteiger partial charge in [0.2, 0.25) is 5.89 Å². The number of aliphatic hydroxyl groups excluding tert-OH is 1. The number of aliphatic hydroxyl groups is 1. The maximum atomic E-state index is 10.7. The Labute approximate surface area is 121 Å². The van der Waals surface area contributed by atoms with Crippen molar-refractivity contribution in [2.24, 2.45) is 5.92 Å². The van der Waals surface area contributed by atoms with Gasteiger partial charge in [0.25, 0.3) is 5.69 Å². The molecule has 21 heavy (non-hydrogen) atoms. The van der Waals surface area contributed by atoms with Crippen molar-refractivity contribution in [2.45, 2.75) is 25.5 Å². The van der Waals surface area contributed by atoms with Crippen LogP contribution in [0.5, 0.6) is 0 Å². The molecule has 3 rings (SSSR count). The lowest BCUT2D eigenvalue weighted by atomic mass is 10.2. The third-order valence-electron chi connectivity index (χ3n) is 3.70. The van der Waals surface area contributed by atoms with Crippen molar-refractivity contribution in [3.8, 4) is 0 Å². The maximum absolute atomic E-state index is 10.7. The van der Waals surface area contributed by atoms with Crippen molar-refractivity contribution in [1.82, 2.24) is 9.88 Å². The zero-order valence-corrected chi connectivity index (χ0v) is 11.7. The van der Waals surface area contributed by atoms with Crippen LogP contribution in [0, 0.1) is 16.0 Å². The molecule has 0 radical (unpaired) electrons. The van der Waals surface area contributed by atoms with E-state index in [1.165, 1.54) is 12.1 Å². The summed E-state index contributed by atoms with van der Waals surface area (Å²) in [5.41, 5.74) is 1.02. The third-order valence-corrected chi connectivity index (χ3v) is 3.70. The van der Waals surface area contributed by atoms with Gasteiger partial charge < -0.3 is 9.52 Å². The first kappa shape index (κ1) is 14.0. The number of nitrogens with zero attached hydrogens (tertiary/aromatic N) is 3. The predicted molar refractivity (Wildman–Crippen MR) is 75.7 cm³/mol. The second kappa shape index (κ2) is 5.42. The summed E-state index contributed by atoms with van der Waals surface area (Å²) in [7, 11) is 1.89. The van der Waals surface area contributed by atoms with Crippen LogP contribution in [0.4, 0.5) is 5.69 Å². The molecule has 1 heterocycles. The number of hydrogen-bond donors (Lipinski definition) is 1. The largest absolute Gasteiger partial charge is 0.439 e. The second-order valence-corrected chi connectivity index (χ2v) is 5.62. The number of oxazole rings is 1. The van der Waals surface area contributed by atoms with E-state index in [2.05, 4.69) is 4.98 Å². The fraction of sp³-hybridized carbons (Fsp3) is 0.500. The molecule has 7 heteroatoms. The number of likely N-dealkylation sites (N-methyl/N-ethyl adjacent to an activating group) is 1. The molecule has 1 aromatic heterocycles. The topological polar surface area (TPSA) is 92.6 Å². The number of hydrogen-bond acceptors (Lipinski definition) is 6. The normalized spacial score (nSPS) is 16.5. The van der Waals surface area contributed by atoms with Gasteiger partial charge in [-0.15, -0.1) is 0 Å². The van der Waals surface area contributed by atoms with E-state index in [0.29, 0.717) is 36.0 Å². The van der Waals surface area contributed by atoms with Gasteiger partial charge in [0.05, 0.1) is 17.6 Å². The fourth-order valence-corrected chi connectivity index (χ4v) is 2.39. The molecule has 1 aromatic carbocycles. The summed E-state index contributed by atoms with van der Waals surface area (Å²) in [5.74, 6) is 0.926. The summed E-state index contributed by atoms with van der Waals surface area (Å²) in [5, 5.41) is 20.6. The number of nitro benzene ring substituents is 1. The first-order valence-corrected chi connectivity index (χ1v) is 6.93. The number of nitro groups is 1. The van der Waals surface area contributed by atoms with E-state index >= 15 is 0 Å². The Kier molecular flexibility index (Phi) is 3.60. The quantitative estimate of drug-likeness (QED) is 0.646. The van der Waals surface area contributed by atoms with Crippen molar-refractivity contribution in [2.75, 3.05) is 13.6 Å². The van der Waals surface area contributed by atoms with Gasteiger partial charge >= 0.3 is 0 Å². The van der Waals surface area contributed by atoms with Crippen molar-refractivity contribution >= 4 is 16.8 Å². The molecular weight excluding hydrogens is 274 g/mol. The van der Waals surface area contributed by atoms with Gasteiger partial charge in [-0.1, -0.05) is 0 Å². The molecule has 112 valence electrons. The van der Waals surface area contributed by atoms with Crippen LogP contribution in [0.2, 0.25) is 0 Å². The number of fused-ring (bicyclic) bond motifs is 1. The van der Waals surface area contributed by atoms with Crippen molar-refractivity contribution in [3.63, 3.8) is 0 Å². The third kappa shape index (κ3) is 3.20. The molecule has 0 amide bonds. The first-order chi connectivity index (χ1) is 10.0. The van der Waals surface area contributed by atoms with Crippen molar-refractivity contribution < 1.29 is 14.4 Å². The predicted octanol–water partition coefficient (Wildman–Crippen LogP) is 1.94. The average Bonchev–Trinajstić information content (AvgIpc) is 3.19. The minimum absolute atomic E-state index is 0.000129. The van der Waals surface area contributed by atoms with Crippen LogP contribution in [0.25, 0.3) is 11.1 Å². The van der Waals surface area contributed by atoms with Gasteiger partial charge in [-0.3, -0.25) is 15.0 Å². The molecular formula is C14H17N3O4. The second-order valence-electron chi connectivity index (χ2n) is 5.62. The molecule has 1 fully saturated rings. The maximum Gasteiger partial charge on any atom is 0.271 e. The molecule has 2 aromatic rings. The highest BCUT2D eigenvalue weighted by Gasteiger charge is 2.30. The molecule has 1 aliphatic carbocycles. The highest BCUT2D eigenvalue weighted by molar-refractivity contribution is 5.75. The molecule has 0 saturated heterocycles. The number of non-ortho nitro benzene ring substituents is 1. The summed E-state index contributed by atoms with van der Waals surface area (Å²) in [6.07, 6.45) is 1.89. The number of aromatic nitrogens is 1. The van der Waals surface area contributed by atoms with Crippen LogP contribution in [0.1, 0.15) is 18.7 Å². The van der Waals surface area contributed by atoms with Crippen molar-refractivity contribution in [1.29, 1.82) is 0 Å². The van der Waals surface area contributed by atoms with Crippen LogP contribution in [-0.2, 0) is 6.54 Å². The van der Waals surface area contributed by atoms with Gasteiger partial charge in [0, 0.05) is 18.7 Å². The average molecular weight is 291 g/mol.